The number of nitrogens with zero attached hydrogens (tertiary/aromatic N) is 3. The maximum Gasteiger partial charge on any atom is 0.306 e. The molecule has 1 aromatic heterocycles. The van der Waals surface area contributed by atoms with Gasteiger partial charge < -0.3 is 9.37 Å². The van der Waals surface area contributed by atoms with Crippen LogP contribution < -0.4 is 0 Å². The molecule has 0 bridgehead atoms. The van der Waals surface area contributed by atoms with Gasteiger partial charge in [-0.3, -0.25) is 0 Å². The highest BCUT2D eigenvalue weighted by Crippen LogP contribution is 1.95. The summed E-state index contributed by atoms with van der Waals surface area (Å²) in [6, 6.07) is 0. The summed E-state index contributed by atoms with van der Waals surface area (Å²) in [5, 5.41) is 3.51. The van der Waals surface area contributed by atoms with Crippen molar-refractivity contribution >= 4 is 0 Å². The van der Waals surface area contributed by atoms with Crippen molar-refractivity contribution < 1.29 is 4.52 Å². The molecule has 0 aromatic carbocycles. The van der Waals surface area contributed by atoms with Crippen LogP contribution in [0.4, 0.5) is 0 Å². The predicted octanol–water partition coefficient (Wildman–Crippen LogP) is 0.797. The second-order valence-electron chi connectivity index (χ2n) is 1.55. The van der Waals surface area contributed by atoms with Gasteiger partial charge in [-0.2, -0.15) is 4.98 Å². The Morgan fingerprint density at radius 3 is 3.00 bits per heavy atom. The second kappa shape index (κ2) is 2.27. The third-order valence-electron chi connectivity index (χ3n) is 0.784. The molecule has 4 heteroatoms. The molecule has 0 aliphatic heterocycles. The zero-order valence-electron chi connectivity index (χ0n) is 4.96. The van der Waals surface area contributed by atoms with Crippen molar-refractivity contribution in [3.05, 3.63) is 23.1 Å². The molecule has 0 saturated carbocycles. The van der Waals surface area contributed by atoms with E-state index in [-0.39, 0.29) is 6.54 Å². The van der Waals surface area contributed by atoms with Crippen molar-refractivity contribution in [2.24, 2.45) is 0 Å². The first-order valence-corrected chi connectivity index (χ1v) is 2.45. The van der Waals surface area contributed by atoms with E-state index in [1.54, 1.807) is 6.92 Å². The smallest absolute Gasteiger partial charge is 0.306 e. The molecule has 0 spiro atoms. The van der Waals surface area contributed by atoms with Gasteiger partial charge in [0.05, 0.1) is 0 Å². The molecule has 1 aromatic rings. The van der Waals surface area contributed by atoms with E-state index < -0.39 is 0 Å². The molecule has 0 unspecified atom stereocenters. The van der Waals surface area contributed by atoms with E-state index in [1.165, 1.54) is 0 Å². The van der Waals surface area contributed by atoms with Gasteiger partial charge in [0.2, 0.25) is 0 Å². The Balaban J connectivity index is 2.76. The lowest BCUT2D eigenvalue weighted by atomic mass is 10.6. The molecule has 0 atom stereocenters. The fraction of sp³-hybridized carbons (Fsp3) is 0.400. The summed E-state index contributed by atoms with van der Waals surface area (Å²) < 4.78 is 4.63. The van der Waals surface area contributed by atoms with E-state index in [0.29, 0.717) is 11.7 Å². The van der Waals surface area contributed by atoms with Crippen molar-refractivity contribution in [2.75, 3.05) is 0 Å². The number of hydrogen-bond donors (Lipinski definition) is 0. The molecule has 1 rings (SSSR count). The SMILES string of the molecule is [C-]#[N+]Cc1nc(C)no1. The van der Waals surface area contributed by atoms with Crippen LogP contribution in [-0.2, 0) is 6.54 Å². The molecule has 1 heterocycles. The minimum Gasteiger partial charge on any atom is -0.331 e. The van der Waals surface area contributed by atoms with Crippen molar-refractivity contribution in [3.8, 4) is 0 Å². The molecule has 0 saturated heterocycles. The van der Waals surface area contributed by atoms with Crippen molar-refractivity contribution in [1.82, 2.24) is 10.1 Å². The molecule has 0 aliphatic rings. The van der Waals surface area contributed by atoms with Gasteiger partial charge in [0.1, 0.15) is 0 Å². The summed E-state index contributed by atoms with van der Waals surface area (Å²) in [4.78, 5) is 6.88. The Kier molecular flexibility index (Phi) is 1.45. The minimum absolute atomic E-state index is 0.181. The minimum atomic E-state index is 0.181. The molecular weight excluding hydrogens is 118 g/mol. The largest absolute Gasteiger partial charge is 0.331 e. The zero-order valence-corrected chi connectivity index (χ0v) is 4.96. The highest BCUT2D eigenvalue weighted by atomic mass is 16.5. The summed E-state index contributed by atoms with van der Waals surface area (Å²) in [5.41, 5.74) is 0. The normalized spacial score (nSPS) is 8.89. The first-order valence-electron chi connectivity index (χ1n) is 2.45. The first-order chi connectivity index (χ1) is 4.33. The topological polar surface area (TPSA) is 43.3 Å². The number of aryl methyl sites for hydroxylation is 1. The third-order valence-corrected chi connectivity index (χ3v) is 0.784. The van der Waals surface area contributed by atoms with E-state index in [4.69, 9.17) is 6.57 Å². The Bertz CT molecular complexity index is 235. The molecule has 9 heavy (non-hydrogen) atoms. The fourth-order valence-electron chi connectivity index (χ4n) is 0.472. The summed E-state index contributed by atoms with van der Waals surface area (Å²) in [5.74, 6) is 0.969. The van der Waals surface area contributed by atoms with Crippen LogP contribution in [0.5, 0.6) is 0 Å². The van der Waals surface area contributed by atoms with Gasteiger partial charge in [0.15, 0.2) is 5.82 Å². The maximum atomic E-state index is 6.45. The van der Waals surface area contributed by atoms with Crippen molar-refractivity contribution in [3.63, 3.8) is 0 Å². The van der Waals surface area contributed by atoms with E-state index in [1.807, 2.05) is 0 Å². The summed E-state index contributed by atoms with van der Waals surface area (Å²) in [7, 11) is 0. The molecule has 0 amide bonds. The van der Waals surface area contributed by atoms with Crippen LogP contribution in [0.25, 0.3) is 4.85 Å². The summed E-state index contributed by atoms with van der Waals surface area (Å²) in [6.45, 7) is 8.35. The Labute approximate surface area is 52.3 Å². The molecule has 0 radical (unpaired) electrons. The molecule has 0 aliphatic carbocycles. The molecule has 4 nitrogen and oxygen atoms in total. The van der Waals surface area contributed by atoms with Gasteiger partial charge in [-0.1, -0.05) is 5.16 Å². The highest BCUT2D eigenvalue weighted by Gasteiger charge is 2.02. The standard InChI is InChI=1S/C5H5N3O/c1-4-7-5(3-6-2)9-8-4/h3H2,1H3. The van der Waals surface area contributed by atoms with Crippen LogP contribution in [-0.4, -0.2) is 10.1 Å². The van der Waals surface area contributed by atoms with Gasteiger partial charge in [0, 0.05) is 0 Å². The van der Waals surface area contributed by atoms with Gasteiger partial charge in [0.25, 0.3) is 6.54 Å². The lowest BCUT2D eigenvalue weighted by molar-refractivity contribution is 0.382. The van der Waals surface area contributed by atoms with E-state index in [9.17, 15) is 0 Å². The average molecular weight is 123 g/mol. The second-order valence-corrected chi connectivity index (χ2v) is 1.55. The van der Waals surface area contributed by atoms with E-state index >= 15 is 0 Å². The van der Waals surface area contributed by atoms with Crippen LogP contribution in [0.3, 0.4) is 0 Å². The molecular formula is C5H5N3O. The Hall–Kier alpha value is -1.37. The van der Waals surface area contributed by atoms with Crippen LogP contribution in [0, 0.1) is 13.5 Å². The average Bonchev–Trinajstić information content (AvgIpc) is 2.17. The zero-order chi connectivity index (χ0) is 6.69. The van der Waals surface area contributed by atoms with Crippen LogP contribution in [0.1, 0.15) is 11.7 Å². The van der Waals surface area contributed by atoms with Crippen molar-refractivity contribution in [1.29, 1.82) is 0 Å². The van der Waals surface area contributed by atoms with Gasteiger partial charge in [-0.25, -0.2) is 6.57 Å². The van der Waals surface area contributed by atoms with Gasteiger partial charge >= 0.3 is 5.89 Å². The monoisotopic (exact) mass is 123 g/mol. The predicted molar refractivity (Wildman–Crippen MR) is 29.3 cm³/mol. The van der Waals surface area contributed by atoms with Crippen molar-refractivity contribution in [2.45, 2.75) is 13.5 Å². The quantitative estimate of drug-likeness (QED) is 0.518. The van der Waals surface area contributed by atoms with Crippen LogP contribution in [0.15, 0.2) is 4.52 Å². The Morgan fingerprint density at radius 2 is 2.56 bits per heavy atom. The Morgan fingerprint density at radius 1 is 1.78 bits per heavy atom. The molecule has 46 valence electrons. The fourth-order valence-corrected chi connectivity index (χ4v) is 0.472. The third kappa shape index (κ3) is 1.26. The molecule has 0 fully saturated rings. The molecule has 0 N–H and O–H groups in total. The lowest BCUT2D eigenvalue weighted by Crippen LogP contribution is -1.77. The van der Waals surface area contributed by atoms with Crippen LogP contribution in [0.2, 0.25) is 0 Å². The van der Waals surface area contributed by atoms with E-state index in [0.717, 1.165) is 0 Å². The number of rotatable bonds is 1. The summed E-state index contributed by atoms with van der Waals surface area (Å²) >= 11 is 0. The number of aromatic nitrogens is 2. The van der Waals surface area contributed by atoms with E-state index in [2.05, 4.69) is 19.5 Å². The first kappa shape index (κ1) is 5.76. The van der Waals surface area contributed by atoms with Gasteiger partial charge in [-0.05, 0) is 6.92 Å². The highest BCUT2D eigenvalue weighted by molar-refractivity contribution is 4.84. The van der Waals surface area contributed by atoms with Crippen LogP contribution >= 0.6 is 0 Å². The summed E-state index contributed by atoms with van der Waals surface area (Å²) in [6.07, 6.45) is 0. The maximum absolute atomic E-state index is 6.45. The van der Waals surface area contributed by atoms with Gasteiger partial charge in [-0.15, -0.1) is 0 Å². The lowest BCUT2D eigenvalue weighted by Gasteiger charge is -1.71. The number of hydrogen-bond acceptors (Lipinski definition) is 3.